The van der Waals surface area contributed by atoms with Crippen LogP contribution < -0.4 is 15.6 Å². The molecule has 0 bridgehead atoms. The number of benzene rings is 2. The zero-order valence-corrected chi connectivity index (χ0v) is 14.2. The van der Waals surface area contributed by atoms with Gasteiger partial charge < -0.3 is 5.11 Å². The van der Waals surface area contributed by atoms with E-state index < -0.39 is 21.8 Å². The largest absolute Gasteiger partial charge is 0.508 e. The highest BCUT2D eigenvalue weighted by atomic mass is 32.2. The average Bonchev–Trinajstić information content (AvgIpc) is 2.64. The van der Waals surface area contributed by atoms with Gasteiger partial charge in [0.25, 0.3) is 11.8 Å². The van der Waals surface area contributed by atoms with E-state index >= 15 is 0 Å². The molecule has 0 aliphatic carbocycles. The summed E-state index contributed by atoms with van der Waals surface area (Å²) in [6.45, 7) is -0.147. The molecule has 2 rings (SSSR count). The third-order valence-electron chi connectivity index (χ3n) is 3.19. The molecule has 8 nitrogen and oxygen atoms in total. The SMILES string of the molecule is C#CCNS(=O)(=O)c1ccc(C(=O)NNC(=O)c2cccc(O)c2)cc1. The summed E-state index contributed by atoms with van der Waals surface area (Å²) in [5.74, 6) is 0.815. The Morgan fingerprint density at radius 2 is 1.62 bits per heavy atom. The Bertz CT molecular complexity index is 963. The minimum atomic E-state index is -3.75. The lowest BCUT2D eigenvalue weighted by molar-refractivity contribution is 0.0846. The monoisotopic (exact) mass is 373 g/mol. The Morgan fingerprint density at radius 1 is 1.00 bits per heavy atom. The van der Waals surface area contributed by atoms with Crippen LogP contribution in [-0.2, 0) is 10.0 Å². The molecule has 26 heavy (non-hydrogen) atoms. The summed E-state index contributed by atoms with van der Waals surface area (Å²) in [6, 6.07) is 10.7. The van der Waals surface area contributed by atoms with E-state index in [4.69, 9.17) is 6.42 Å². The topological polar surface area (TPSA) is 125 Å². The van der Waals surface area contributed by atoms with Crippen LogP contribution in [0.5, 0.6) is 5.75 Å². The quantitative estimate of drug-likeness (QED) is 0.445. The second kappa shape index (κ2) is 8.15. The molecule has 0 saturated heterocycles. The predicted molar refractivity (Wildman–Crippen MR) is 93.5 cm³/mol. The van der Waals surface area contributed by atoms with Crippen LogP contribution in [-0.4, -0.2) is 31.9 Å². The Hall–Kier alpha value is -3.35. The predicted octanol–water partition coefficient (Wildman–Crippen LogP) is 0.379. The molecule has 0 aliphatic heterocycles. The van der Waals surface area contributed by atoms with Gasteiger partial charge in [-0.1, -0.05) is 12.0 Å². The fourth-order valence-corrected chi connectivity index (χ4v) is 2.84. The molecule has 4 N–H and O–H groups in total. The number of hydrogen-bond acceptors (Lipinski definition) is 5. The zero-order chi connectivity index (χ0) is 19.2. The third-order valence-corrected chi connectivity index (χ3v) is 4.61. The molecule has 0 aliphatic rings. The van der Waals surface area contributed by atoms with E-state index in [9.17, 15) is 23.1 Å². The van der Waals surface area contributed by atoms with Crippen LogP contribution in [0.1, 0.15) is 20.7 Å². The van der Waals surface area contributed by atoms with Crippen molar-refractivity contribution in [1.82, 2.24) is 15.6 Å². The highest BCUT2D eigenvalue weighted by Gasteiger charge is 2.14. The van der Waals surface area contributed by atoms with Gasteiger partial charge in [0.2, 0.25) is 10.0 Å². The first-order valence-electron chi connectivity index (χ1n) is 7.26. The average molecular weight is 373 g/mol. The molecule has 0 unspecified atom stereocenters. The fraction of sp³-hybridized carbons (Fsp3) is 0.0588. The van der Waals surface area contributed by atoms with Crippen LogP contribution in [0.3, 0.4) is 0 Å². The lowest BCUT2D eigenvalue weighted by Gasteiger charge is -2.08. The van der Waals surface area contributed by atoms with E-state index in [1.165, 1.54) is 48.5 Å². The molecule has 2 amide bonds. The van der Waals surface area contributed by atoms with Gasteiger partial charge in [-0.2, -0.15) is 4.72 Å². The van der Waals surface area contributed by atoms with Gasteiger partial charge in [-0.3, -0.25) is 20.4 Å². The number of aromatic hydroxyl groups is 1. The van der Waals surface area contributed by atoms with E-state index in [1.54, 1.807) is 0 Å². The van der Waals surface area contributed by atoms with E-state index in [0.29, 0.717) is 0 Å². The first kappa shape index (κ1) is 19.0. The number of sulfonamides is 1. The van der Waals surface area contributed by atoms with Crippen molar-refractivity contribution in [1.29, 1.82) is 0 Å². The number of hydrogen-bond donors (Lipinski definition) is 4. The summed E-state index contributed by atoms with van der Waals surface area (Å²) in [6.07, 6.45) is 5.01. The van der Waals surface area contributed by atoms with Crippen molar-refractivity contribution in [3.8, 4) is 18.1 Å². The zero-order valence-electron chi connectivity index (χ0n) is 13.4. The lowest BCUT2D eigenvalue weighted by atomic mass is 10.2. The molecule has 0 fully saturated rings. The van der Waals surface area contributed by atoms with Crippen molar-refractivity contribution in [2.24, 2.45) is 0 Å². The number of terminal acetylenes is 1. The van der Waals surface area contributed by atoms with Crippen molar-refractivity contribution in [2.75, 3.05) is 6.54 Å². The molecule has 2 aromatic rings. The maximum absolute atomic E-state index is 12.0. The van der Waals surface area contributed by atoms with E-state index in [2.05, 4.69) is 21.5 Å². The first-order valence-corrected chi connectivity index (χ1v) is 8.75. The lowest BCUT2D eigenvalue weighted by Crippen LogP contribution is -2.41. The van der Waals surface area contributed by atoms with Crippen LogP contribution >= 0.6 is 0 Å². The van der Waals surface area contributed by atoms with Crippen molar-refractivity contribution >= 4 is 21.8 Å². The van der Waals surface area contributed by atoms with Crippen LogP contribution in [0, 0.1) is 12.3 Å². The summed E-state index contributed by atoms with van der Waals surface area (Å²) in [7, 11) is -3.75. The van der Waals surface area contributed by atoms with E-state index in [1.807, 2.05) is 0 Å². The molecule has 9 heteroatoms. The van der Waals surface area contributed by atoms with E-state index in [0.717, 1.165) is 0 Å². The molecular formula is C17H15N3O5S. The van der Waals surface area contributed by atoms with Crippen molar-refractivity contribution in [3.05, 3.63) is 59.7 Å². The van der Waals surface area contributed by atoms with Gasteiger partial charge in [-0.25, -0.2) is 8.42 Å². The second-order valence-corrected chi connectivity index (χ2v) is 6.78. The Balaban J connectivity index is 2.00. The van der Waals surface area contributed by atoms with Crippen molar-refractivity contribution in [3.63, 3.8) is 0 Å². The third kappa shape index (κ3) is 4.83. The molecule has 2 aromatic carbocycles. The number of phenolic OH excluding ortho intramolecular Hbond substituents is 1. The van der Waals surface area contributed by atoms with Crippen LogP contribution in [0.25, 0.3) is 0 Å². The van der Waals surface area contributed by atoms with Gasteiger partial charge in [0.05, 0.1) is 11.4 Å². The minimum Gasteiger partial charge on any atom is -0.508 e. The highest BCUT2D eigenvalue weighted by Crippen LogP contribution is 2.11. The van der Waals surface area contributed by atoms with Crippen LogP contribution in [0.4, 0.5) is 0 Å². The van der Waals surface area contributed by atoms with Crippen molar-refractivity contribution < 1.29 is 23.1 Å². The van der Waals surface area contributed by atoms with Gasteiger partial charge in [0.1, 0.15) is 5.75 Å². The number of phenols is 1. The number of rotatable bonds is 5. The Morgan fingerprint density at radius 3 is 2.19 bits per heavy atom. The number of hydrazine groups is 1. The first-order chi connectivity index (χ1) is 12.3. The number of carbonyl (C=O) groups is 2. The molecule has 0 spiro atoms. The maximum Gasteiger partial charge on any atom is 0.269 e. The molecule has 0 aromatic heterocycles. The minimum absolute atomic E-state index is 0.0481. The Labute approximate surface area is 150 Å². The number of nitrogens with one attached hydrogen (secondary N) is 3. The maximum atomic E-state index is 12.0. The normalized spacial score (nSPS) is 10.6. The fourth-order valence-electron chi connectivity index (χ4n) is 1.91. The second-order valence-electron chi connectivity index (χ2n) is 5.01. The standard InChI is InChI=1S/C17H15N3O5S/c1-2-10-18-26(24,25)15-8-6-12(7-9-15)16(22)19-20-17(23)13-4-3-5-14(21)11-13/h1,3-9,11,18,21H,10H2,(H,19,22)(H,20,23). The Kier molecular flexibility index (Phi) is 5.95. The molecular weight excluding hydrogens is 358 g/mol. The number of amides is 2. The summed E-state index contributed by atoms with van der Waals surface area (Å²) in [5.41, 5.74) is 4.69. The molecule has 0 saturated carbocycles. The molecule has 0 heterocycles. The van der Waals surface area contributed by atoms with Gasteiger partial charge in [-0.05, 0) is 42.5 Å². The van der Waals surface area contributed by atoms with Crippen LogP contribution in [0.15, 0.2) is 53.4 Å². The molecule has 0 atom stereocenters. The van der Waals surface area contributed by atoms with Gasteiger partial charge in [0, 0.05) is 11.1 Å². The highest BCUT2D eigenvalue weighted by molar-refractivity contribution is 7.89. The summed E-state index contributed by atoms with van der Waals surface area (Å²) in [5, 5.41) is 9.33. The summed E-state index contributed by atoms with van der Waals surface area (Å²) in [4.78, 5) is 23.8. The number of carbonyl (C=O) groups excluding carboxylic acids is 2. The smallest absolute Gasteiger partial charge is 0.269 e. The molecule has 0 radical (unpaired) electrons. The molecule has 134 valence electrons. The van der Waals surface area contributed by atoms with Gasteiger partial charge in [-0.15, -0.1) is 6.42 Å². The van der Waals surface area contributed by atoms with Gasteiger partial charge in [0.15, 0.2) is 0 Å². The van der Waals surface area contributed by atoms with Crippen LogP contribution in [0.2, 0.25) is 0 Å². The van der Waals surface area contributed by atoms with Gasteiger partial charge >= 0.3 is 0 Å². The van der Waals surface area contributed by atoms with Crippen molar-refractivity contribution in [2.45, 2.75) is 4.90 Å². The summed E-state index contributed by atoms with van der Waals surface area (Å²) >= 11 is 0. The van der Waals surface area contributed by atoms with E-state index in [-0.39, 0.29) is 28.3 Å². The summed E-state index contributed by atoms with van der Waals surface area (Å²) < 4.78 is 26.0.